The molecular weight excluding hydrogens is 228 g/mol. The molecule has 2 heterocycles. The summed E-state index contributed by atoms with van der Waals surface area (Å²) in [4.78, 5) is 8.47. The maximum Gasteiger partial charge on any atom is 0.0954 e. The van der Waals surface area contributed by atoms with E-state index in [4.69, 9.17) is 0 Å². The van der Waals surface area contributed by atoms with Crippen molar-refractivity contribution in [3.63, 3.8) is 0 Å². The van der Waals surface area contributed by atoms with Crippen molar-refractivity contribution < 1.29 is 5.11 Å². The number of aliphatic hydroxyl groups is 1. The Hall–Kier alpha value is -0.780. The van der Waals surface area contributed by atoms with E-state index in [0.717, 1.165) is 15.7 Å². The Morgan fingerprint density at radius 1 is 1.33 bits per heavy atom. The molecule has 0 aromatic carbocycles. The van der Waals surface area contributed by atoms with Gasteiger partial charge in [-0.2, -0.15) is 0 Å². The zero-order valence-corrected chi connectivity index (χ0v) is 10.0. The Morgan fingerprint density at radius 3 is 2.73 bits per heavy atom. The predicted molar refractivity (Wildman–Crippen MR) is 62.4 cm³/mol. The van der Waals surface area contributed by atoms with Crippen molar-refractivity contribution in [1.82, 2.24) is 9.97 Å². The molecule has 0 spiro atoms. The minimum Gasteiger partial charge on any atom is -0.392 e. The van der Waals surface area contributed by atoms with Crippen molar-refractivity contribution in [3.8, 4) is 0 Å². The molecular formula is C10H12N2OS2. The third-order valence-corrected chi connectivity index (χ3v) is 3.76. The second kappa shape index (κ2) is 4.83. The fraction of sp³-hybridized carbons (Fsp3) is 0.400. The summed E-state index contributed by atoms with van der Waals surface area (Å²) in [5, 5.41) is 15.7. The van der Waals surface area contributed by atoms with Gasteiger partial charge in [-0.15, -0.1) is 22.7 Å². The highest BCUT2D eigenvalue weighted by Crippen LogP contribution is 2.14. The average molecular weight is 240 g/mol. The van der Waals surface area contributed by atoms with Crippen molar-refractivity contribution in [2.75, 3.05) is 0 Å². The maximum absolute atomic E-state index is 9.82. The van der Waals surface area contributed by atoms with E-state index < -0.39 is 0 Å². The molecule has 0 bridgehead atoms. The van der Waals surface area contributed by atoms with E-state index in [9.17, 15) is 5.11 Å². The first-order valence-corrected chi connectivity index (χ1v) is 6.47. The summed E-state index contributed by atoms with van der Waals surface area (Å²) in [6, 6.07) is 0. The summed E-state index contributed by atoms with van der Waals surface area (Å²) < 4.78 is 0. The first-order valence-electron chi connectivity index (χ1n) is 4.71. The van der Waals surface area contributed by atoms with E-state index in [1.54, 1.807) is 28.9 Å². The molecule has 2 aromatic heterocycles. The highest BCUT2D eigenvalue weighted by molar-refractivity contribution is 7.09. The van der Waals surface area contributed by atoms with Crippen LogP contribution in [0.3, 0.4) is 0 Å². The Kier molecular flexibility index (Phi) is 3.45. The van der Waals surface area contributed by atoms with Crippen LogP contribution in [0.15, 0.2) is 17.0 Å². The molecule has 5 heteroatoms. The number of hydrogen-bond acceptors (Lipinski definition) is 5. The lowest BCUT2D eigenvalue weighted by molar-refractivity contribution is 0.175. The molecule has 1 N–H and O–H groups in total. The minimum absolute atomic E-state index is 0.373. The van der Waals surface area contributed by atoms with Crippen molar-refractivity contribution in [3.05, 3.63) is 32.7 Å². The van der Waals surface area contributed by atoms with Crippen LogP contribution < -0.4 is 0 Å². The van der Waals surface area contributed by atoms with Gasteiger partial charge < -0.3 is 5.11 Å². The van der Waals surface area contributed by atoms with E-state index >= 15 is 0 Å². The third-order valence-electron chi connectivity index (χ3n) is 1.97. The lowest BCUT2D eigenvalue weighted by Gasteiger charge is -2.05. The van der Waals surface area contributed by atoms with Crippen LogP contribution in [0.2, 0.25) is 0 Å². The first kappa shape index (κ1) is 10.7. The van der Waals surface area contributed by atoms with Crippen LogP contribution in [0.4, 0.5) is 0 Å². The summed E-state index contributed by atoms with van der Waals surface area (Å²) in [5.41, 5.74) is 1.02. The molecule has 0 saturated heterocycles. The van der Waals surface area contributed by atoms with Crippen LogP contribution in [0.25, 0.3) is 0 Å². The number of aromatic nitrogens is 2. The molecule has 1 atom stereocenters. The van der Waals surface area contributed by atoms with Crippen LogP contribution in [-0.4, -0.2) is 21.2 Å². The molecule has 0 aliphatic rings. The Labute approximate surface area is 96.5 Å². The highest BCUT2D eigenvalue weighted by atomic mass is 32.1. The second-order valence-electron chi connectivity index (χ2n) is 3.37. The summed E-state index contributed by atoms with van der Waals surface area (Å²) >= 11 is 3.18. The van der Waals surface area contributed by atoms with Gasteiger partial charge in [-0.05, 0) is 6.92 Å². The van der Waals surface area contributed by atoms with E-state index in [2.05, 4.69) is 9.97 Å². The molecule has 2 rings (SSSR count). The molecule has 80 valence electrons. The van der Waals surface area contributed by atoms with E-state index in [-0.39, 0.29) is 6.10 Å². The number of aliphatic hydroxyl groups excluding tert-OH is 1. The summed E-state index contributed by atoms with van der Waals surface area (Å²) in [6.45, 7) is 1.97. The van der Waals surface area contributed by atoms with Crippen molar-refractivity contribution >= 4 is 22.7 Å². The third kappa shape index (κ3) is 3.09. The van der Waals surface area contributed by atoms with Crippen LogP contribution >= 0.6 is 22.7 Å². The zero-order chi connectivity index (χ0) is 10.7. The smallest absolute Gasteiger partial charge is 0.0954 e. The Bertz CT molecular complexity index is 411. The molecule has 0 amide bonds. The number of nitrogens with zero attached hydrogens (tertiary/aromatic N) is 2. The van der Waals surface area contributed by atoms with Crippen LogP contribution in [0, 0.1) is 6.92 Å². The number of hydrogen-bond donors (Lipinski definition) is 1. The van der Waals surface area contributed by atoms with Crippen molar-refractivity contribution in [1.29, 1.82) is 0 Å². The van der Waals surface area contributed by atoms with Gasteiger partial charge >= 0.3 is 0 Å². The Morgan fingerprint density at radius 2 is 2.13 bits per heavy atom. The molecule has 0 aliphatic heterocycles. The van der Waals surface area contributed by atoms with Crippen LogP contribution in [0.1, 0.15) is 15.7 Å². The zero-order valence-electron chi connectivity index (χ0n) is 8.38. The van der Waals surface area contributed by atoms with Crippen molar-refractivity contribution in [2.24, 2.45) is 0 Å². The van der Waals surface area contributed by atoms with E-state index in [0.29, 0.717) is 12.8 Å². The van der Waals surface area contributed by atoms with E-state index in [1.807, 2.05) is 17.7 Å². The molecule has 0 aliphatic carbocycles. The number of thiazole rings is 2. The Balaban J connectivity index is 1.90. The number of rotatable bonds is 4. The predicted octanol–water partition coefficient (Wildman–Crippen LogP) is 2.05. The molecule has 3 nitrogen and oxygen atoms in total. The average Bonchev–Trinajstić information content (AvgIpc) is 2.77. The largest absolute Gasteiger partial charge is 0.392 e. The van der Waals surface area contributed by atoms with Crippen LogP contribution in [-0.2, 0) is 12.8 Å². The fourth-order valence-electron chi connectivity index (χ4n) is 1.33. The summed E-state index contributed by atoms with van der Waals surface area (Å²) in [5.74, 6) is 0. The topological polar surface area (TPSA) is 46.0 Å². The van der Waals surface area contributed by atoms with E-state index in [1.165, 1.54) is 0 Å². The van der Waals surface area contributed by atoms with Gasteiger partial charge in [0.05, 0.1) is 16.1 Å². The van der Waals surface area contributed by atoms with Gasteiger partial charge in [0, 0.05) is 35.5 Å². The van der Waals surface area contributed by atoms with Crippen molar-refractivity contribution in [2.45, 2.75) is 25.9 Å². The maximum atomic E-state index is 9.82. The first-order chi connectivity index (χ1) is 7.24. The SMILES string of the molecule is Cc1csc(CC(O)Cc2nccs2)n1. The molecule has 2 aromatic rings. The van der Waals surface area contributed by atoms with Gasteiger partial charge in [0.15, 0.2) is 0 Å². The molecule has 0 fully saturated rings. The summed E-state index contributed by atoms with van der Waals surface area (Å²) in [6.07, 6.45) is 2.64. The molecule has 15 heavy (non-hydrogen) atoms. The minimum atomic E-state index is -0.373. The monoisotopic (exact) mass is 240 g/mol. The lowest BCUT2D eigenvalue weighted by Crippen LogP contribution is -2.13. The number of aryl methyl sites for hydroxylation is 1. The highest BCUT2D eigenvalue weighted by Gasteiger charge is 2.10. The lowest BCUT2D eigenvalue weighted by atomic mass is 10.2. The summed E-state index contributed by atoms with van der Waals surface area (Å²) in [7, 11) is 0. The van der Waals surface area contributed by atoms with Gasteiger partial charge in [-0.25, -0.2) is 9.97 Å². The van der Waals surface area contributed by atoms with Gasteiger partial charge in [0.25, 0.3) is 0 Å². The molecule has 0 saturated carbocycles. The van der Waals surface area contributed by atoms with Gasteiger partial charge in [0.2, 0.25) is 0 Å². The van der Waals surface area contributed by atoms with Gasteiger partial charge in [-0.3, -0.25) is 0 Å². The second-order valence-corrected chi connectivity index (χ2v) is 5.29. The standard InChI is InChI=1S/C10H12N2OS2/c1-7-6-15-10(12-7)5-8(13)4-9-11-2-3-14-9/h2-3,6,8,13H,4-5H2,1H3. The normalized spacial score (nSPS) is 12.9. The van der Waals surface area contributed by atoms with Gasteiger partial charge in [-0.1, -0.05) is 0 Å². The van der Waals surface area contributed by atoms with Gasteiger partial charge in [0.1, 0.15) is 0 Å². The molecule has 0 radical (unpaired) electrons. The fourth-order valence-corrected chi connectivity index (χ4v) is 2.86. The quantitative estimate of drug-likeness (QED) is 0.889. The van der Waals surface area contributed by atoms with Crippen LogP contribution in [0.5, 0.6) is 0 Å². The molecule has 1 unspecified atom stereocenters.